The summed E-state index contributed by atoms with van der Waals surface area (Å²) in [7, 11) is 1.66. The highest BCUT2D eigenvalue weighted by Gasteiger charge is 2.14. The molecule has 0 aliphatic heterocycles. The van der Waals surface area contributed by atoms with E-state index < -0.39 is 0 Å². The minimum atomic E-state index is 0.464. The molecule has 102 valence electrons. The maximum absolute atomic E-state index is 5.96. The van der Waals surface area contributed by atoms with Crippen LogP contribution in [0.15, 0.2) is 11.4 Å². The molecule has 1 N–H and O–H groups in total. The first-order valence-electron chi connectivity index (χ1n) is 5.69. The molecule has 2 aromatic rings. The molecule has 0 aliphatic rings. The zero-order valence-corrected chi connectivity index (χ0v) is 14.3. The number of nitrogens with one attached hydrogen (secondary N) is 1. The topological polar surface area (TPSA) is 47.0 Å². The summed E-state index contributed by atoms with van der Waals surface area (Å²) in [4.78, 5) is 10.1. The van der Waals surface area contributed by atoms with E-state index in [0.29, 0.717) is 17.5 Å². The molecule has 0 aromatic carbocycles. The average Bonchev–Trinajstić information content (AvgIpc) is 2.81. The van der Waals surface area contributed by atoms with Crippen LogP contribution in [-0.2, 0) is 11.3 Å². The Morgan fingerprint density at radius 3 is 2.84 bits per heavy atom. The molecule has 0 amide bonds. The van der Waals surface area contributed by atoms with E-state index in [4.69, 9.17) is 16.3 Å². The number of aromatic nitrogens is 2. The van der Waals surface area contributed by atoms with Gasteiger partial charge < -0.3 is 10.1 Å². The van der Waals surface area contributed by atoms with Crippen LogP contribution in [0.4, 0.5) is 5.82 Å². The van der Waals surface area contributed by atoms with Crippen molar-refractivity contribution in [3.63, 3.8) is 0 Å². The lowest BCUT2D eigenvalue weighted by Crippen LogP contribution is -2.08. The summed E-state index contributed by atoms with van der Waals surface area (Å²) < 4.78 is 6.19. The molecule has 0 radical (unpaired) electrons. The largest absolute Gasteiger partial charge is 0.378 e. The van der Waals surface area contributed by atoms with E-state index in [9.17, 15) is 0 Å². The Kier molecular flexibility index (Phi) is 5.37. The zero-order valence-electron chi connectivity index (χ0n) is 10.5. The lowest BCUT2D eigenvalue weighted by Gasteiger charge is -2.11. The number of thiophene rings is 1. The summed E-state index contributed by atoms with van der Waals surface area (Å²) in [6.45, 7) is 3.31. The van der Waals surface area contributed by atoms with Gasteiger partial charge in [0.15, 0.2) is 5.82 Å². The Bertz CT molecular complexity index is 549. The Hall–Kier alpha value is -0.440. The zero-order chi connectivity index (χ0) is 13.8. The van der Waals surface area contributed by atoms with E-state index in [0.717, 1.165) is 26.5 Å². The number of hydrogen-bond donors (Lipinski definition) is 1. The van der Waals surface area contributed by atoms with Crippen molar-refractivity contribution in [3.8, 4) is 10.7 Å². The molecule has 4 nitrogen and oxygen atoms in total. The van der Waals surface area contributed by atoms with E-state index in [1.165, 1.54) is 11.3 Å². The van der Waals surface area contributed by atoms with Crippen LogP contribution < -0.4 is 5.32 Å². The highest BCUT2D eigenvalue weighted by Crippen LogP contribution is 2.30. The van der Waals surface area contributed by atoms with E-state index in [1.807, 2.05) is 18.4 Å². The van der Waals surface area contributed by atoms with Crippen LogP contribution in [0.1, 0.15) is 12.6 Å². The highest BCUT2D eigenvalue weighted by molar-refractivity contribution is 14.1. The molecule has 0 bridgehead atoms. The predicted octanol–water partition coefficient (Wildman–Crippen LogP) is 4.04. The lowest BCUT2D eigenvalue weighted by atomic mass is 10.3. The van der Waals surface area contributed by atoms with Crippen molar-refractivity contribution < 1.29 is 4.74 Å². The van der Waals surface area contributed by atoms with Gasteiger partial charge in [-0.2, -0.15) is 0 Å². The van der Waals surface area contributed by atoms with Gasteiger partial charge in [0.25, 0.3) is 0 Å². The second-order valence-corrected chi connectivity index (χ2v) is 6.18. The molecule has 2 heterocycles. The van der Waals surface area contributed by atoms with Crippen molar-refractivity contribution in [2.24, 2.45) is 0 Å². The van der Waals surface area contributed by atoms with Crippen LogP contribution >= 0.6 is 45.5 Å². The van der Waals surface area contributed by atoms with Crippen molar-refractivity contribution in [3.05, 3.63) is 25.7 Å². The molecule has 0 saturated heterocycles. The number of methoxy groups -OCH3 is 1. The smallest absolute Gasteiger partial charge is 0.172 e. The molecule has 0 atom stereocenters. The van der Waals surface area contributed by atoms with Gasteiger partial charge in [-0.1, -0.05) is 11.6 Å². The first-order chi connectivity index (χ1) is 9.15. The molecule has 19 heavy (non-hydrogen) atoms. The first-order valence-corrected chi connectivity index (χ1v) is 8.03. The summed E-state index contributed by atoms with van der Waals surface area (Å²) in [5, 5.41) is 5.83. The molecule has 7 heteroatoms. The fourth-order valence-corrected chi connectivity index (χ4v) is 3.15. The quantitative estimate of drug-likeness (QED) is 0.757. The minimum Gasteiger partial charge on any atom is -0.378 e. The van der Waals surface area contributed by atoms with Crippen molar-refractivity contribution in [1.29, 1.82) is 0 Å². The number of halogens is 2. The predicted molar refractivity (Wildman–Crippen MR) is 87.9 cm³/mol. The average molecular weight is 410 g/mol. The van der Waals surface area contributed by atoms with Gasteiger partial charge in [0.1, 0.15) is 5.82 Å². The lowest BCUT2D eigenvalue weighted by molar-refractivity contribution is 0.181. The summed E-state index contributed by atoms with van der Waals surface area (Å²) in [6.07, 6.45) is 0. The second kappa shape index (κ2) is 6.83. The fraction of sp³-hybridized carbons (Fsp3) is 0.333. The fourth-order valence-electron chi connectivity index (χ4n) is 1.55. The second-order valence-electron chi connectivity index (χ2n) is 3.75. The Balaban J connectivity index is 2.48. The summed E-state index contributed by atoms with van der Waals surface area (Å²) >= 11 is 9.73. The van der Waals surface area contributed by atoms with E-state index in [1.54, 1.807) is 7.11 Å². The molecule has 0 unspecified atom stereocenters. The molecule has 2 aromatic heterocycles. The molecular formula is C12H13ClIN3OS. The number of anilines is 1. The number of ether oxygens (including phenoxy) is 1. The standard InChI is InChI=1S/C12H13ClIN3OS/c1-3-15-12-10(14)8(5-18-2)16-11(17-12)9-4-7(13)6-19-9/h4,6H,3,5H2,1-2H3,(H,15,16,17). The number of hydrogen-bond acceptors (Lipinski definition) is 5. The van der Waals surface area contributed by atoms with Gasteiger partial charge in [0, 0.05) is 19.0 Å². The van der Waals surface area contributed by atoms with Crippen molar-refractivity contribution in [2.45, 2.75) is 13.5 Å². The van der Waals surface area contributed by atoms with Gasteiger partial charge in [-0.15, -0.1) is 11.3 Å². The van der Waals surface area contributed by atoms with Gasteiger partial charge in [0.05, 0.1) is 25.8 Å². The SMILES string of the molecule is CCNc1nc(-c2cc(Cl)cs2)nc(COC)c1I. The van der Waals surface area contributed by atoms with Crippen LogP contribution in [-0.4, -0.2) is 23.6 Å². The molecule has 0 spiro atoms. The van der Waals surface area contributed by atoms with E-state index in [-0.39, 0.29) is 0 Å². The Labute approximate surface area is 134 Å². The molecule has 0 saturated carbocycles. The summed E-state index contributed by atoms with van der Waals surface area (Å²) in [6, 6.07) is 1.88. The van der Waals surface area contributed by atoms with Crippen LogP contribution in [0, 0.1) is 3.57 Å². The number of nitrogens with zero attached hydrogens (tertiary/aromatic N) is 2. The highest BCUT2D eigenvalue weighted by atomic mass is 127. The van der Waals surface area contributed by atoms with Gasteiger partial charge in [-0.05, 0) is 35.6 Å². The monoisotopic (exact) mass is 409 g/mol. The third-order valence-electron chi connectivity index (χ3n) is 2.33. The third-order valence-corrected chi connectivity index (χ3v) is 4.74. The molecular weight excluding hydrogens is 397 g/mol. The normalized spacial score (nSPS) is 10.7. The summed E-state index contributed by atoms with van der Waals surface area (Å²) in [5.41, 5.74) is 0.883. The Morgan fingerprint density at radius 1 is 1.47 bits per heavy atom. The minimum absolute atomic E-state index is 0.464. The maximum Gasteiger partial charge on any atom is 0.172 e. The number of rotatable bonds is 5. The van der Waals surface area contributed by atoms with Crippen LogP contribution in [0.3, 0.4) is 0 Å². The third kappa shape index (κ3) is 3.56. The van der Waals surface area contributed by atoms with Crippen molar-refractivity contribution >= 4 is 51.3 Å². The van der Waals surface area contributed by atoms with Gasteiger partial charge in [-0.25, -0.2) is 9.97 Å². The Morgan fingerprint density at radius 2 is 2.26 bits per heavy atom. The first kappa shape index (κ1) is 15.0. The summed E-state index contributed by atoms with van der Waals surface area (Å²) in [5.74, 6) is 1.52. The molecule has 0 aliphatic carbocycles. The van der Waals surface area contributed by atoms with Crippen LogP contribution in [0.5, 0.6) is 0 Å². The van der Waals surface area contributed by atoms with Crippen LogP contribution in [0.25, 0.3) is 10.7 Å². The van der Waals surface area contributed by atoms with Crippen molar-refractivity contribution in [2.75, 3.05) is 19.0 Å². The molecule has 0 fully saturated rings. The van der Waals surface area contributed by atoms with Gasteiger partial charge >= 0.3 is 0 Å². The van der Waals surface area contributed by atoms with E-state index >= 15 is 0 Å². The van der Waals surface area contributed by atoms with Crippen molar-refractivity contribution in [1.82, 2.24) is 9.97 Å². The van der Waals surface area contributed by atoms with Crippen LogP contribution in [0.2, 0.25) is 5.02 Å². The maximum atomic E-state index is 5.96. The van der Waals surface area contributed by atoms with E-state index in [2.05, 4.69) is 37.9 Å². The van der Waals surface area contributed by atoms with Gasteiger partial charge in [0.2, 0.25) is 0 Å². The van der Waals surface area contributed by atoms with Gasteiger partial charge in [-0.3, -0.25) is 0 Å². The molecule has 2 rings (SSSR count).